The Hall–Kier alpha value is -1.43. The van der Waals surface area contributed by atoms with E-state index in [1.54, 1.807) is 11.6 Å². The normalized spacial score (nSPS) is 33.6. The third-order valence-corrected chi connectivity index (χ3v) is 4.84. The number of rotatable bonds is 3. The van der Waals surface area contributed by atoms with Gasteiger partial charge in [0.1, 0.15) is 0 Å². The molecule has 2 fully saturated rings. The highest BCUT2D eigenvalue weighted by molar-refractivity contribution is 7.13. The van der Waals surface area contributed by atoms with Crippen molar-refractivity contribution in [2.75, 3.05) is 5.32 Å². The van der Waals surface area contributed by atoms with Crippen LogP contribution in [0.25, 0.3) is 0 Å². The van der Waals surface area contributed by atoms with Crippen LogP contribution in [0.4, 0.5) is 5.13 Å². The van der Waals surface area contributed by atoms with Crippen LogP contribution >= 0.6 is 11.3 Å². The predicted molar refractivity (Wildman–Crippen MR) is 63.6 cm³/mol. The van der Waals surface area contributed by atoms with Gasteiger partial charge in [0.25, 0.3) is 0 Å². The second-order valence-corrected chi connectivity index (χ2v) is 5.92. The van der Waals surface area contributed by atoms with Gasteiger partial charge in [-0.2, -0.15) is 0 Å². The number of nitrogens with one attached hydrogen (secondary N) is 1. The van der Waals surface area contributed by atoms with Crippen molar-refractivity contribution < 1.29 is 14.7 Å². The minimum absolute atomic E-state index is 0.118. The van der Waals surface area contributed by atoms with Crippen LogP contribution in [0.5, 0.6) is 0 Å². The number of anilines is 1. The maximum atomic E-state index is 12.2. The molecule has 1 heterocycles. The Kier molecular flexibility index (Phi) is 2.81. The van der Waals surface area contributed by atoms with E-state index in [-0.39, 0.29) is 17.7 Å². The Labute approximate surface area is 108 Å². The van der Waals surface area contributed by atoms with Crippen LogP contribution in [0.1, 0.15) is 19.3 Å². The van der Waals surface area contributed by atoms with Gasteiger partial charge in [-0.1, -0.05) is 0 Å². The van der Waals surface area contributed by atoms with Crippen molar-refractivity contribution in [3.8, 4) is 0 Å². The van der Waals surface area contributed by atoms with E-state index in [0.717, 1.165) is 19.3 Å². The molecule has 0 saturated heterocycles. The third-order valence-electron chi connectivity index (χ3n) is 4.15. The van der Waals surface area contributed by atoms with Crippen LogP contribution in [0.2, 0.25) is 0 Å². The zero-order chi connectivity index (χ0) is 12.7. The third kappa shape index (κ3) is 1.80. The van der Waals surface area contributed by atoms with Gasteiger partial charge in [0.15, 0.2) is 5.13 Å². The molecule has 2 saturated carbocycles. The molecule has 1 amide bonds. The van der Waals surface area contributed by atoms with Crippen LogP contribution in [-0.4, -0.2) is 16.9 Å². The Bertz CT molecular complexity index is 474. The molecule has 5 nitrogen and oxygen atoms in total. The van der Waals surface area contributed by atoms with E-state index < -0.39 is 17.8 Å². The van der Waals surface area contributed by atoms with E-state index in [4.69, 9.17) is 0 Å². The predicted octanol–water partition coefficient (Wildman–Crippen LogP) is 0.494. The summed E-state index contributed by atoms with van der Waals surface area (Å²) < 4.78 is 0. The number of fused-ring (bicyclic) bond motifs is 2. The van der Waals surface area contributed by atoms with E-state index in [1.165, 1.54) is 11.3 Å². The van der Waals surface area contributed by atoms with Crippen molar-refractivity contribution in [3.05, 3.63) is 11.6 Å². The number of carboxylic acids is 1. The molecule has 2 aliphatic rings. The highest BCUT2D eigenvalue weighted by Crippen LogP contribution is 2.52. The second kappa shape index (κ2) is 4.35. The number of amides is 1. The standard InChI is InChI=1S/C12H14N2O3S/c15-10(14-12-13-3-4-18-12)8-6-1-2-7(5-6)9(8)11(16)17/h3-4,6-9H,1-2,5H2,(H,16,17)(H,13,14,15)/p-1/t6-,7+,8-,9-/m0/s1. The monoisotopic (exact) mass is 265 g/mol. The molecule has 4 atom stereocenters. The van der Waals surface area contributed by atoms with Gasteiger partial charge in [0.05, 0.1) is 0 Å². The molecule has 1 aromatic heterocycles. The topological polar surface area (TPSA) is 82.1 Å². The summed E-state index contributed by atoms with van der Waals surface area (Å²) in [5, 5.41) is 16.2. The number of hydrogen-bond donors (Lipinski definition) is 1. The summed E-state index contributed by atoms with van der Waals surface area (Å²) in [6, 6.07) is 0. The van der Waals surface area contributed by atoms with Gasteiger partial charge in [-0.15, -0.1) is 11.3 Å². The first-order valence-corrected chi connectivity index (χ1v) is 6.96. The average Bonchev–Trinajstić information content (AvgIpc) is 3.03. The summed E-state index contributed by atoms with van der Waals surface area (Å²) in [5.41, 5.74) is 0. The number of carboxylic acid groups (broad SMARTS) is 1. The van der Waals surface area contributed by atoms with E-state index >= 15 is 0 Å². The van der Waals surface area contributed by atoms with Gasteiger partial charge in [-0.3, -0.25) is 4.79 Å². The van der Waals surface area contributed by atoms with Crippen LogP contribution in [0, 0.1) is 23.7 Å². The fourth-order valence-electron chi connectivity index (χ4n) is 3.48. The van der Waals surface area contributed by atoms with Crippen molar-refractivity contribution in [1.29, 1.82) is 0 Å². The number of carbonyl (C=O) groups is 2. The van der Waals surface area contributed by atoms with Crippen molar-refractivity contribution >= 4 is 28.3 Å². The molecule has 0 radical (unpaired) electrons. The first-order chi connectivity index (χ1) is 8.66. The average molecular weight is 265 g/mol. The van der Waals surface area contributed by atoms with E-state index in [9.17, 15) is 14.7 Å². The Balaban J connectivity index is 1.78. The lowest BCUT2D eigenvalue weighted by Crippen LogP contribution is -2.43. The lowest BCUT2D eigenvalue weighted by Gasteiger charge is -2.30. The molecule has 0 aliphatic heterocycles. The summed E-state index contributed by atoms with van der Waals surface area (Å²) in [5.74, 6) is -2.06. The lowest BCUT2D eigenvalue weighted by molar-refractivity contribution is -0.314. The summed E-state index contributed by atoms with van der Waals surface area (Å²) in [7, 11) is 0. The zero-order valence-electron chi connectivity index (χ0n) is 9.67. The molecule has 1 N–H and O–H groups in total. The van der Waals surface area contributed by atoms with Crippen molar-refractivity contribution in [2.45, 2.75) is 19.3 Å². The van der Waals surface area contributed by atoms with Crippen LogP contribution in [0.3, 0.4) is 0 Å². The van der Waals surface area contributed by atoms with Crippen molar-refractivity contribution in [3.63, 3.8) is 0 Å². The first-order valence-electron chi connectivity index (χ1n) is 6.08. The first kappa shape index (κ1) is 11.6. The summed E-state index contributed by atoms with van der Waals surface area (Å²) in [6.45, 7) is 0. The van der Waals surface area contributed by atoms with Gasteiger partial charge in [0, 0.05) is 29.4 Å². The molecular formula is C12H13N2O3S-. The van der Waals surface area contributed by atoms with Gasteiger partial charge in [-0.25, -0.2) is 4.98 Å². The Morgan fingerprint density at radius 3 is 2.67 bits per heavy atom. The van der Waals surface area contributed by atoms with Crippen LogP contribution in [0.15, 0.2) is 11.6 Å². The molecule has 96 valence electrons. The Morgan fingerprint density at radius 1 is 1.33 bits per heavy atom. The number of aromatic nitrogens is 1. The number of aliphatic carboxylic acids is 1. The van der Waals surface area contributed by atoms with Gasteiger partial charge >= 0.3 is 0 Å². The second-order valence-electron chi connectivity index (χ2n) is 5.03. The maximum Gasteiger partial charge on any atom is 0.230 e. The Morgan fingerprint density at radius 2 is 2.06 bits per heavy atom. The van der Waals surface area contributed by atoms with Crippen LogP contribution < -0.4 is 10.4 Å². The maximum absolute atomic E-state index is 12.2. The van der Waals surface area contributed by atoms with Crippen molar-refractivity contribution in [1.82, 2.24) is 4.98 Å². The molecule has 2 aliphatic carbocycles. The van der Waals surface area contributed by atoms with Gasteiger partial charge in [0.2, 0.25) is 5.91 Å². The van der Waals surface area contributed by atoms with E-state index in [0.29, 0.717) is 5.13 Å². The fraction of sp³-hybridized carbons (Fsp3) is 0.583. The van der Waals surface area contributed by atoms with Crippen molar-refractivity contribution in [2.24, 2.45) is 23.7 Å². The molecule has 3 rings (SSSR count). The molecule has 0 unspecified atom stereocenters. The number of thiazole rings is 1. The van der Waals surface area contributed by atoms with E-state index in [2.05, 4.69) is 10.3 Å². The largest absolute Gasteiger partial charge is 0.550 e. The molecule has 2 bridgehead atoms. The molecular weight excluding hydrogens is 252 g/mol. The molecule has 0 aromatic carbocycles. The molecule has 18 heavy (non-hydrogen) atoms. The number of carbonyl (C=O) groups excluding carboxylic acids is 2. The summed E-state index contributed by atoms with van der Waals surface area (Å²) >= 11 is 1.33. The lowest BCUT2D eigenvalue weighted by atomic mass is 9.79. The number of hydrogen-bond acceptors (Lipinski definition) is 5. The fourth-order valence-corrected chi connectivity index (χ4v) is 4.01. The smallest absolute Gasteiger partial charge is 0.230 e. The molecule has 1 aromatic rings. The van der Waals surface area contributed by atoms with Gasteiger partial charge in [-0.05, 0) is 31.1 Å². The number of nitrogens with zero attached hydrogens (tertiary/aromatic N) is 1. The summed E-state index contributed by atoms with van der Waals surface area (Å²) in [6.07, 6.45) is 4.31. The van der Waals surface area contributed by atoms with Crippen LogP contribution in [-0.2, 0) is 9.59 Å². The summed E-state index contributed by atoms with van der Waals surface area (Å²) in [4.78, 5) is 27.4. The highest BCUT2D eigenvalue weighted by Gasteiger charge is 2.51. The minimum Gasteiger partial charge on any atom is -0.550 e. The zero-order valence-corrected chi connectivity index (χ0v) is 10.5. The quantitative estimate of drug-likeness (QED) is 0.862. The highest BCUT2D eigenvalue weighted by atomic mass is 32.1. The van der Waals surface area contributed by atoms with E-state index in [1.807, 2.05) is 0 Å². The molecule has 6 heteroatoms. The SMILES string of the molecule is O=C([O-])[C@H]1[C@@H]2CC[C@@H](C2)[C@@H]1C(=O)Nc1nccs1. The minimum atomic E-state index is -1.08. The van der Waals surface area contributed by atoms with Gasteiger partial charge < -0.3 is 15.2 Å². The molecule has 0 spiro atoms.